The summed E-state index contributed by atoms with van der Waals surface area (Å²) < 4.78 is 5.24. The molecule has 3 rings (SSSR count). The van der Waals surface area contributed by atoms with Crippen LogP contribution in [0.4, 0.5) is 0 Å². The van der Waals surface area contributed by atoms with Gasteiger partial charge in [0, 0.05) is 12.8 Å². The zero-order chi connectivity index (χ0) is 14.7. The van der Waals surface area contributed by atoms with E-state index in [4.69, 9.17) is 4.65 Å². The Balaban J connectivity index is 1.64. The molecule has 0 bridgehead atoms. The van der Waals surface area contributed by atoms with Gasteiger partial charge in [-0.2, -0.15) is 0 Å². The fraction of sp³-hybridized carbons (Fsp3) is 0.235. The van der Waals surface area contributed by atoms with E-state index < -0.39 is 7.12 Å². The molecule has 1 N–H and O–H groups in total. The number of carbonyl (C=O) groups is 1. The Labute approximate surface area is 124 Å². The number of aryl methyl sites for hydroxylation is 1. The first-order valence-corrected chi connectivity index (χ1v) is 7.20. The van der Waals surface area contributed by atoms with Gasteiger partial charge in [0.1, 0.15) is 5.78 Å². The fourth-order valence-corrected chi connectivity index (χ4v) is 2.77. The molecule has 0 saturated carbocycles. The topological polar surface area (TPSA) is 46.5 Å². The van der Waals surface area contributed by atoms with Gasteiger partial charge in [-0.05, 0) is 28.6 Å². The summed E-state index contributed by atoms with van der Waals surface area (Å²) in [6.45, 7) is 0.447. The summed E-state index contributed by atoms with van der Waals surface area (Å²) in [6, 6.07) is 15.7. The van der Waals surface area contributed by atoms with Crippen molar-refractivity contribution in [3.05, 3.63) is 65.2 Å². The summed E-state index contributed by atoms with van der Waals surface area (Å²) in [5.74, 6) is 0.215. The third-order valence-corrected chi connectivity index (χ3v) is 3.85. The first kappa shape index (κ1) is 14.0. The molecule has 0 unspecified atom stereocenters. The Kier molecular flexibility index (Phi) is 4.18. The molecule has 106 valence electrons. The summed E-state index contributed by atoms with van der Waals surface area (Å²) in [5, 5.41) is 9.86. The molecule has 0 atom stereocenters. The Hall–Kier alpha value is -1.91. The lowest BCUT2D eigenvalue weighted by atomic mass is 9.75. The average Bonchev–Trinajstić information content (AvgIpc) is 2.88. The van der Waals surface area contributed by atoms with Gasteiger partial charge < -0.3 is 9.68 Å². The van der Waals surface area contributed by atoms with Crippen LogP contribution < -0.4 is 5.46 Å². The lowest BCUT2D eigenvalue weighted by Gasteiger charge is -2.08. The number of Topliss-reactive ketones (excluding diaryl/α,β-unsaturated/α-hetero) is 1. The van der Waals surface area contributed by atoms with Crippen LogP contribution in [0.3, 0.4) is 0 Å². The summed E-state index contributed by atoms with van der Waals surface area (Å²) in [4.78, 5) is 12.1. The third-order valence-electron chi connectivity index (χ3n) is 3.85. The van der Waals surface area contributed by atoms with Crippen LogP contribution >= 0.6 is 0 Å². The lowest BCUT2D eigenvalue weighted by Crippen LogP contribution is -2.31. The quantitative estimate of drug-likeness (QED) is 0.847. The van der Waals surface area contributed by atoms with Crippen molar-refractivity contribution in [1.82, 2.24) is 0 Å². The van der Waals surface area contributed by atoms with Gasteiger partial charge in [0.2, 0.25) is 0 Å². The number of fused-ring (bicyclic) bond motifs is 1. The maximum atomic E-state index is 12.1. The molecule has 0 spiro atoms. The van der Waals surface area contributed by atoms with Crippen molar-refractivity contribution in [1.29, 1.82) is 0 Å². The number of hydrogen-bond acceptors (Lipinski definition) is 3. The van der Waals surface area contributed by atoms with Crippen LogP contribution in [0.2, 0.25) is 0 Å². The van der Waals surface area contributed by atoms with Crippen molar-refractivity contribution in [2.75, 3.05) is 0 Å². The Morgan fingerprint density at radius 1 is 1.14 bits per heavy atom. The molecule has 2 aromatic carbocycles. The minimum Gasteiger partial charge on any atom is -0.423 e. The van der Waals surface area contributed by atoms with Crippen molar-refractivity contribution in [3.63, 3.8) is 0 Å². The minimum absolute atomic E-state index is 0.215. The molecule has 0 aromatic heterocycles. The van der Waals surface area contributed by atoms with Crippen molar-refractivity contribution >= 4 is 18.4 Å². The second-order valence-corrected chi connectivity index (χ2v) is 5.35. The summed E-state index contributed by atoms with van der Waals surface area (Å²) in [7, 11) is -0.847. The van der Waals surface area contributed by atoms with E-state index in [9.17, 15) is 9.82 Å². The molecule has 1 aliphatic rings. The van der Waals surface area contributed by atoms with E-state index in [2.05, 4.69) is 0 Å². The van der Waals surface area contributed by atoms with E-state index in [0.29, 0.717) is 25.9 Å². The highest BCUT2D eigenvalue weighted by atomic mass is 16.5. The van der Waals surface area contributed by atoms with Gasteiger partial charge in [-0.15, -0.1) is 0 Å². The van der Waals surface area contributed by atoms with Crippen LogP contribution in [-0.4, -0.2) is 17.9 Å². The minimum atomic E-state index is -0.847. The second kappa shape index (κ2) is 6.25. The molecule has 1 aliphatic heterocycles. The molecule has 2 aromatic rings. The van der Waals surface area contributed by atoms with Crippen molar-refractivity contribution in [2.45, 2.75) is 25.9 Å². The lowest BCUT2D eigenvalue weighted by molar-refractivity contribution is -0.118. The number of ketones is 1. The predicted octanol–water partition coefficient (Wildman–Crippen LogP) is 1.65. The fourth-order valence-electron chi connectivity index (χ4n) is 2.77. The van der Waals surface area contributed by atoms with E-state index in [0.717, 1.165) is 22.2 Å². The number of benzene rings is 2. The third kappa shape index (κ3) is 3.23. The molecule has 0 amide bonds. The Morgan fingerprint density at radius 3 is 2.76 bits per heavy atom. The highest BCUT2D eigenvalue weighted by Crippen LogP contribution is 2.14. The number of rotatable bonds is 5. The van der Waals surface area contributed by atoms with Crippen molar-refractivity contribution < 1.29 is 14.5 Å². The molecule has 0 saturated heterocycles. The van der Waals surface area contributed by atoms with Gasteiger partial charge in [0.05, 0.1) is 6.61 Å². The van der Waals surface area contributed by atoms with Crippen molar-refractivity contribution in [3.8, 4) is 0 Å². The zero-order valence-corrected chi connectivity index (χ0v) is 11.8. The predicted molar refractivity (Wildman–Crippen MR) is 82.3 cm³/mol. The van der Waals surface area contributed by atoms with Gasteiger partial charge in [-0.3, -0.25) is 4.79 Å². The maximum Gasteiger partial charge on any atom is 0.492 e. The maximum absolute atomic E-state index is 12.1. The van der Waals surface area contributed by atoms with Gasteiger partial charge in [-0.25, -0.2) is 0 Å². The van der Waals surface area contributed by atoms with E-state index >= 15 is 0 Å². The average molecular weight is 280 g/mol. The highest BCUT2D eigenvalue weighted by molar-refractivity contribution is 6.62. The van der Waals surface area contributed by atoms with Crippen LogP contribution in [0.5, 0.6) is 0 Å². The summed E-state index contributed by atoms with van der Waals surface area (Å²) >= 11 is 0. The van der Waals surface area contributed by atoms with Crippen LogP contribution in [-0.2, 0) is 28.9 Å². The normalized spacial score (nSPS) is 13.3. The van der Waals surface area contributed by atoms with E-state index in [1.54, 1.807) is 0 Å². The van der Waals surface area contributed by atoms with E-state index in [1.165, 1.54) is 0 Å². The first-order chi connectivity index (χ1) is 10.2. The number of carbonyl (C=O) groups excluding carboxylic acids is 1. The highest BCUT2D eigenvalue weighted by Gasteiger charge is 2.29. The standard InChI is InChI=1S/C17H17BO3/c19-16(11-13-5-2-1-3-6-13)10-9-14-7-4-8-15-12-21-18(20)17(14)15/h1-8,20H,9-12H2. The first-order valence-electron chi connectivity index (χ1n) is 7.20. The molecular formula is C17H17BO3. The molecule has 1 heterocycles. The van der Waals surface area contributed by atoms with Crippen LogP contribution in [0.1, 0.15) is 23.1 Å². The zero-order valence-electron chi connectivity index (χ0n) is 11.8. The molecular weight excluding hydrogens is 263 g/mol. The van der Waals surface area contributed by atoms with Gasteiger partial charge in [0.25, 0.3) is 0 Å². The molecule has 21 heavy (non-hydrogen) atoms. The molecule has 0 radical (unpaired) electrons. The van der Waals surface area contributed by atoms with Gasteiger partial charge in [-0.1, -0.05) is 48.5 Å². The van der Waals surface area contributed by atoms with Crippen LogP contribution in [0.25, 0.3) is 0 Å². The number of hydrogen-bond donors (Lipinski definition) is 1. The van der Waals surface area contributed by atoms with Gasteiger partial charge in [0.15, 0.2) is 0 Å². The van der Waals surface area contributed by atoms with Crippen LogP contribution in [0, 0.1) is 0 Å². The largest absolute Gasteiger partial charge is 0.492 e. The van der Waals surface area contributed by atoms with Crippen molar-refractivity contribution in [2.24, 2.45) is 0 Å². The Morgan fingerprint density at radius 2 is 1.95 bits per heavy atom. The molecule has 3 nitrogen and oxygen atoms in total. The monoisotopic (exact) mass is 280 g/mol. The molecule has 0 fully saturated rings. The smallest absolute Gasteiger partial charge is 0.423 e. The Bertz CT molecular complexity index is 640. The molecule has 0 aliphatic carbocycles. The van der Waals surface area contributed by atoms with E-state index in [-0.39, 0.29) is 5.78 Å². The summed E-state index contributed by atoms with van der Waals surface area (Å²) in [5.41, 5.74) is 3.93. The van der Waals surface area contributed by atoms with E-state index in [1.807, 2.05) is 48.5 Å². The summed E-state index contributed by atoms with van der Waals surface area (Å²) in [6.07, 6.45) is 1.60. The molecule has 4 heteroatoms. The van der Waals surface area contributed by atoms with Gasteiger partial charge >= 0.3 is 7.12 Å². The second-order valence-electron chi connectivity index (χ2n) is 5.35. The SMILES string of the molecule is O=C(CCc1cccc2c1B(O)OC2)Cc1ccccc1. The van der Waals surface area contributed by atoms with Crippen LogP contribution in [0.15, 0.2) is 48.5 Å².